The number of aromatic nitrogens is 3. The van der Waals surface area contributed by atoms with Crippen LogP contribution in [0.5, 0.6) is 0 Å². The summed E-state index contributed by atoms with van der Waals surface area (Å²) in [6.07, 6.45) is 0. The molecule has 10 rings (SSSR count). The SMILES string of the molecule is c1ccc(-c2nc(-c3cccc(-n4c5ccccc5c5c6c(ccc7c8ccccc8oc76)ccc54)c3)nc3ccccc23)cc1. The number of fused-ring (bicyclic) bond motifs is 10. The van der Waals surface area contributed by atoms with Crippen LogP contribution in [0.3, 0.4) is 0 Å². The Kier molecular flexibility index (Phi) is 5.25. The van der Waals surface area contributed by atoms with Gasteiger partial charge in [-0.25, -0.2) is 9.97 Å². The van der Waals surface area contributed by atoms with Crippen LogP contribution in [0.25, 0.3) is 93.8 Å². The van der Waals surface area contributed by atoms with E-state index in [1.807, 2.05) is 30.3 Å². The molecule has 0 saturated heterocycles. The molecule has 4 heteroatoms. The minimum absolute atomic E-state index is 0.703. The summed E-state index contributed by atoms with van der Waals surface area (Å²) in [5.41, 5.74) is 9.06. The standard InChI is InChI=1S/C42H25N3O/c1-2-11-27(12-3-1)40-32-16-4-7-18-34(32)43-42(44-40)28-13-10-14-29(25-28)45-35-19-8-5-17-33(35)39-36(45)24-22-26-21-23-31-30-15-6-9-20-37(30)46-41(31)38(26)39/h1-25H. The Morgan fingerprint density at radius 1 is 0.478 bits per heavy atom. The second-order valence-electron chi connectivity index (χ2n) is 11.8. The maximum atomic E-state index is 6.57. The maximum Gasteiger partial charge on any atom is 0.160 e. The largest absolute Gasteiger partial charge is 0.455 e. The van der Waals surface area contributed by atoms with Crippen LogP contribution in [0, 0.1) is 0 Å². The molecule has 0 bridgehead atoms. The smallest absolute Gasteiger partial charge is 0.160 e. The maximum absolute atomic E-state index is 6.57. The fourth-order valence-corrected chi connectivity index (χ4v) is 7.13. The number of para-hydroxylation sites is 3. The number of furan rings is 1. The Hall–Kier alpha value is -6.26. The molecule has 0 aliphatic rings. The van der Waals surface area contributed by atoms with Crippen molar-refractivity contribution < 1.29 is 4.42 Å². The van der Waals surface area contributed by atoms with Gasteiger partial charge in [0.25, 0.3) is 0 Å². The van der Waals surface area contributed by atoms with Gasteiger partial charge >= 0.3 is 0 Å². The number of hydrogen-bond acceptors (Lipinski definition) is 3. The van der Waals surface area contributed by atoms with Gasteiger partial charge in [-0.1, -0.05) is 109 Å². The summed E-state index contributed by atoms with van der Waals surface area (Å²) in [5.74, 6) is 0.703. The molecule has 214 valence electrons. The fraction of sp³-hybridized carbons (Fsp3) is 0. The van der Waals surface area contributed by atoms with E-state index >= 15 is 0 Å². The number of hydrogen-bond donors (Lipinski definition) is 0. The quantitative estimate of drug-likeness (QED) is 0.207. The lowest BCUT2D eigenvalue weighted by molar-refractivity contribution is 0.673. The zero-order chi connectivity index (χ0) is 30.2. The van der Waals surface area contributed by atoms with E-state index in [0.717, 1.165) is 77.2 Å². The number of rotatable bonds is 3. The first-order chi connectivity index (χ1) is 22.8. The van der Waals surface area contributed by atoms with Gasteiger partial charge in [0.15, 0.2) is 5.82 Å². The topological polar surface area (TPSA) is 43.9 Å². The number of benzene rings is 7. The Balaban J connectivity index is 1.24. The summed E-state index contributed by atoms with van der Waals surface area (Å²) < 4.78 is 8.93. The van der Waals surface area contributed by atoms with Crippen molar-refractivity contribution in [3.05, 3.63) is 152 Å². The van der Waals surface area contributed by atoms with Crippen molar-refractivity contribution in [2.24, 2.45) is 0 Å². The third kappa shape index (κ3) is 3.61. The van der Waals surface area contributed by atoms with E-state index in [4.69, 9.17) is 14.4 Å². The van der Waals surface area contributed by atoms with E-state index < -0.39 is 0 Å². The molecule has 0 atom stereocenters. The van der Waals surface area contributed by atoms with Crippen LogP contribution in [-0.4, -0.2) is 14.5 Å². The lowest BCUT2D eigenvalue weighted by Gasteiger charge is -2.12. The molecule has 0 radical (unpaired) electrons. The Morgan fingerprint density at radius 3 is 2.13 bits per heavy atom. The summed E-state index contributed by atoms with van der Waals surface area (Å²) in [6, 6.07) is 53.0. The molecule has 0 aliphatic carbocycles. The number of nitrogens with zero attached hydrogens (tertiary/aromatic N) is 3. The Morgan fingerprint density at radius 2 is 1.22 bits per heavy atom. The van der Waals surface area contributed by atoms with E-state index in [-0.39, 0.29) is 0 Å². The molecule has 0 spiro atoms. The summed E-state index contributed by atoms with van der Waals surface area (Å²) >= 11 is 0. The molecule has 0 amide bonds. The third-order valence-corrected chi connectivity index (χ3v) is 9.17. The molecule has 0 N–H and O–H groups in total. The van der Waals surface area contributed by atoms with Gasteiger partial charge in [-0.3, -0.25) is 0 Å². The van der Waals surface area contributed by atoms with Crippen LogP contribution < -0.4 is 0 Å². The second kappa shape index (κ2) is 9.62. The van der Waals surface area contributed by atoms with Gasteiger partial charge in [0.1, 0.15) is 11.2 Å². The fourth-order valence-electron chi connectivity index (χ4n) is 7.13. The summed E-state index contributed by atoms with van der Waals surface area (Å²) in [7, 11) is 0. The van der Waals surface area contributed by atoms with Crippen molar-refractivity contribution in [1.29, 1.82) is 0 Å². The summed E-state index contributed by atoms with van der Waals surface area (Å²) in [5, 5.41) is 8.00. The first-order valence-corrected chi connectivity index (χ1v) is 15.5. The van der Waals surface area contributed by atoms with E-state index in [2.05, 4.69) is 126 Å². The highest BCUT2D eigenvalue weighted by Gasteiger charge is 2.19. The van der Waals surface area contributed by atoms with Crippen LogP contribution >= 0.6 is 0 Å². The van der Waals surface area contributed by atoms with Crippen LogP contribution in [0.2, 0.25) is 0 Å². The third-order valence-electron chi connectivity index (χ3n) is 9.17. The molecular weight excluding hydrogens is 562 g/mol. The summed E-state index contributed by atoms with van der Waals surface area (Å²) in [6.45, 7) is 0. The van der Waals surface area contributed by atoms with Crippen molar-refractivity contribution in [3.8, 4) is 28.3 Å². The highest BCUT2D eigenvalue weighted by atomic mass is 16.3. The molecule has 3 heterocycles. The lowest BCUT2D eigenvalue weighted by atomic mass is 10.0. The minimum Gasteiger partial charge on any atom is -0.455 e. The highest BCUT2D eigenvalue weighted by molar-refractivity contribution is 6.29. The molecule has 0 fully saturated rings. The van der Waals surface area contributed by atoms with E-state index in [9.17, 15) is 0 Å². The van der Waals surface area contributed by atoms with E-state index in [1.54, 1.807) is 0 Å². The second-order valence-corrected chi connectivity index (χ2v) is 11.8. The molecule has 7 aromatic carbocycles. The normalized spacial score (nSPS) is 11.9. The van der Waals surface area contributed by atoms with Crippen molar-refractivity contribution in [3.63, 3.8) is 0 Å². The predicted molar refractivity (Wildman–Crippen MR) is 190 cm³/mol. The molecule has 4 nitrogen and oxygen atoms in total. The zero-order valence-corrected chi connectivity index (χ0v) is 24.7. The Labute approximate surface area is 263 Å². The molecule has 10 aromatic rings. The summed E-state index contributed by atoms with van der Waals surface area (Å²) in [4.78, 5) is 10.2. The predicted octanol–water partition coefficient (Wildman–Crippen LogP) is 11.1. The van der Waals surface area contributed by atoms with Crippen LogP contribution in [-0.2, 0) is 0 Å². The van der Waals surface area contributed by atoms with E-state index in [1.165, 1.54) is 10.8 Å². The van der Waals surface area contributed by atoms with Gasteiger partial charge in [0.05, 0.1) is 22.2 Å². The van der Waals surface area contributed by atoms with Crippen LogP contribution in [0.15, 0.2) is 156 Å². The van der Waals surface area contributed by atoms with Crippen molar-refractivity contribution in [2.75, 3.05) is 0 Å². The molecule has 3 aromatic heterocycles. The van der Waals surface area contributed by atoms with Gasteiger partial charge < -0.3 is 8.98 Å². The minimum atomic E-state index is 0.703. The first kappa shape index (κ1) is 25.1. The average molecular weight is 588 g/mol. The van der Waals surface area contributed by atoms with Crippen LogP contribution in [0.1, 0.15) is 0 Å². The molecule has 0 saturated carbocycles. The lowest BCUT2D eigenvalue weighted by Crippen LogP contribution is -1.97. The molecule has 0 unspecified atom stereocenters. The monoisotopic (exact) mass is 587 g/mol. The van der Waals surface area contributed by atoms with Gasteiger partial charge in [-0.15, -0.1) is 0 Å². The molecule has 46 heavy (non-hydrogen) atoms. The first-order valence-electron chi connectivity index (χ1n) is 15.5. The molecule has 0 aliphatic heterocycles. The van der Waals surface area contributed by atoms with Crippen LogP contribution in [0.4, 0.5) is 0 Å². The zero-order valence-electron chi connectivity index (χ0n) is 24.7. The van der Waals surface area contributed by atoms with Crippen molar-refractivity contribution >= 4 is 65.4 Å². The highest BCUT2D eigenvalue weighted by Crippen LogP contribution is 2.42. The average Bonchev–Trinajstić information content (AvgIpc) is 3.67. The van der Waals surface area contributed by atoms with Gasteiger partial charge in [0, 0.05) is 49.1 Å². The van der Waals surface area contributed by atoms with Gasteiger partial charge in [0.2, 0.25) is 0 Å². The Bertz CT molecular complexity index is 2810. The van der Waals surface area contributed by atoms with Gasteiger partial charge in [-0.2, -0.15) is 0 Å². The molecular formula is C42H25N3O. The van der Waals surface area contributed by atoms with Crippen molar-refractivity contribution in [1.82, 2.24) is 14.5 Å². The van der Waals surface area contributed by atoms with Crippen molar-refractivity contribution in [2.45, 2.75) is 0 Å². The van der Waals surface area contributed by atoms with E-state index in [0.29, 0.717) is 5.82 Å². The van der Waals surface area contributed by atoms with Gasteiger partial charge in [-0.05, 0) is 47.9 Å².